The molecule has 1 aromatic carbocycles. The normalized spacial score (nSPS) is 34.6. The van der Waals surface area contributed by atoms with Crippen molar-refractivity contribution >= 4 is 11.8 Å². The van der Waals surface area contributed by atoms with E-state index in [0.29, 0.717) is 10.5 Å². The molecular weight excluding hydrogens is 244 g/mol. The molecule has 1 aromatic rings. The molecule has 2 saturated heterocycles. The first-order valence-corrected chi connectivity index (χ1v) is 7.58. The summed E-state index contributed by atoms with van der Waals surface area (Å²) in [6, 6.07) is 6.13. The van der Waals surface area contributed by atoms with E-state index in [9.17, 15) is 5.11 Å². The summed E-state index contributed by atoms with van der Waals surface area (Å²) in [4.78, 5) is 0. The Balaban J connectivity index is 1.93. The Hall–Kier alpha value is -0.670. The Morgan fingerprint density at radius 2 is 1.94 bits per heavy atom. The van der Waals surface area contributed by atoms with Gasteiger partial charge in [0.15, 0.2) is 0 Å². The van der Waals surface area contributed by atoms with Crippen LogP contribution in [0.3, 0.4) is 0 Å². The summed E-state index contributed by atoms with van der Waals surface area (Å²) in [6.45, 7) is 2.03. The van der Waals surface area contributed by atoms with Crippen molar-refractivity contribution in [3.05, 3.63) is 29.3 Å². The first kappa shape index (κ1) is 12.4. The van der Waals surface area contributed by atoms with E-state index in [1.54, 1.807) is 7.11 Å². The lowest BCUT2D eigenvalue weighted by molar-refractivity contribution is 0.0194. The van der Waals surface area contributed by atoms with Crippen LogP contribution in [0, 0.1) is 6.92 Å². The average Bonchev–Trinajstić information content (AvgIpc) is 2.69. The van der Waals surface area contributed by atoms with Crippen LogP contribution >= 0.6 is 11.8 Å². The van der Waals surface area contributed by atoms with Crippen LogP contribution in [0.15, 0.2) is 18.2 Å². The van der Waals surface area contributed by atoms with Gasteiger partial charge in [0.25, 0.3) is 0 Å². The van der Waals surface area contributed by atoms with Crippen LogP contribution in [0.5, 0.6) is 5.75 Å². The van der Waals surface area contributed by atoms with Gasteiger partial charge in [0, 0.05) is 10.5 Å². The third-order valence-electron chi connectivity index (χ3n) is 4.27. The van der Waals surface area contributed by atoms with E-state index in [1.165, 1.54) is 12.8 Å². The number of benzene rings is 1. The molecule has 0 aromatic heterocycles. The fraction of sp³-hybridized carbons (Fsp3) is 0.600. The predicted molar refractivity (Wildman–Crippen MR) is 75.3 cm³/mol. The van der Waals surface area contributed by atoms with E-state index in [-0.39, 0.29) is 0 Å². The molecular formula is C15H20O2S. The standard InChI is InChI=1S/C15H20O2S/c1-10-3-4-11(7-14(10)17-2)15(16)8-12-5-6-13(9-15)18-12/h3-4,7,12-13,16H,5-6,8-9H2,1-2H3. The van der Waals surface area contributed by atoms with Crippen molar-refractivity contribution in [2.75, 3.05) is 7.11 Å². The largest absolute Gasteiger partial charge is 0.496 e. The summed E-state index contributed by atoms with van der Waals surface area (Å²) in [6.07, 6.45) is 4.31. The van der Waals surface area contributed by atoms with Gasteiger partial charge >= 0.3 is 0 Å². The van der Waals surface area contributed by atoms with Gasteiger partial charge in [-0.2, -0.15) is 11.8 Å². The Kier molecular flexibility index (Phi) is 3.07. The zero-order chi connectivity index (χ0) is 12.8. The van der Waals surface area contributed by atoms with Gasteiger partial charge in [-0.1, -0.05) is 12.1 Å². The number of aliphatic hydroxyl groups is 1. The summed E-state index contributed by atoms with van der Waals surface area (Å²) in [7, 11) is 1.69. The number of ether oxygens (including phenoxy) is 1. The van der Waals surface area contributed by atoms with Gasteiger partial charge in [-0.3, -0.25) is 0 Å². The Labute approximate surface area is 113 Å². The molecule has 18 heavy (non-hydrogen) atoms. The Morgan fingerprint density at radius 3 is 2.56 bits per heavy atom. The van der Waals surface area contributed by atoms with Crippen molar-refractivity contribution in [3.63, 3.8) is 0 Å². The second-order valence-corrected chi connectivity index (χ2v) is 7.19. The summed E-state index contributed by atoms with van der Waals surface area (Å²) in [5.41, 5.74) is 1.51. The number of aryl methyl sites for hydroxylation is 1. The molecule has 0 spiro atoms. The lowest BCUT2D eigenvalue weighted by Crippen LogP contribution is -2.34. The van der Waals surface area contributed by atoms with Crippen molar-refractivity contribution in [3.8, 4) is 5.75 Å². The van der Waals surface area contributed by atoms with Crippen molar-refractivity contribution in [2.24, 2.45) is 0 Å². The number of rotatable bonds is 2. The summed E-state index contributed by atoms with van der Waals surface area (Å²) in [5, 5.41) is 12.2. The molecule has 2 fully saturated rings. The SMILES string of the molecule is COc1cc(C2(O)CC3CCC(C2)S3)ccc1C. The third kappa shape index (κ3) is 2.04. The minimum Gasteiger partial charge on any atom is -0.496 e. The molecule has 2 aliphatic rings. The second kappa shape index (κ2) is 4.46. The van der Waals surface area contributed by atoms with E-state index in [0.717, 1.165) is 29.7 Å². The van der Waals surface area contributed by atoms with Crippen molar-refractivity contribution in [1.82, 2.24) is 0 Å². The van der Waals surface area contributed by atoms with Crippen LogP contribution in [0.1, 0.15) is 36.8 Å². The second-order valence-electron chi connectivity index (χ2n) is 5.58. The van der Waals surface area contributed by atoms with Crippen LogP contribution in [0.25, 0.3) is 0 Å². The van der Waals surface area contributed by atoms with Crippen molar-refractivity contribution in [2.45, 2.75) is 48.7 Å². The lowest BCUT2D eigenvalue weighted by atomic mass is 9.85. The zero-order valence-electron chi connectivity index (χ0n) is 11.0. The highest BCUT2D eigenvalue weighted by molar-refractivity contribution is 8.00. The molecule has 2 bridgehead atoms. The van der Waals surface area contributed by atoms with Crippen LogP contribution in [0.4, 0.5) is 0 Å². The molecule has 3 rings (SSSR count). The van der Waals surface area contributed by atoms with Gasteiger partial charge in [0.1, 0.15) is 5.75 Å². The number of methoxy groups -OCH3 is 1. The minimum atomic E-state index is -0.641. The number of hydrogen-bond acceptors (Lipinski definition) is 3. The first-order valence-electron chi connectivity index (χ1n) is 6.64. The van der Waals surface area contributed by atoms with Crippen molar-refractivity contribution in [1.29, 1.82) is 0 Å². The molecule has 2 heterocycles. The highest BCUT2D eigenvalue weighted by Gasteiger charge is 2.44. The maximum atomic E-state index is 11.0. The number of thioether (sulfide) groups is 1. The quantitative estimate of drug-likeness (QED) is 0.889. The van der Waals surface area contributed by atoms with E-state index < -0.39 is 5.60 Å². The summed E-state index contributed by atoms with van der Waals surface area (Å²) < 4.78 is 5.37. The molecule has 2 aliphatic heterocycles. The Bertz CT molecular complexity index is 446. The maximum Gasteiger partial charge on any atom is 0.122 e. The fourth-order valence-corrected chi connectivity index (χ4v) is 5.09. The average molecular weight is 264 g/mol. The predicted octanol–water partition coefficient (Wildman–Crippen LogP) is 3.25. The van der Waals surface area contributed by atoms with E-state index in [1.807, 2.05) is 13.0 Å². The molecule has 3 heteroatoms. The topological polar surface area (TPSA) is 29.5 Å². The van der Waals surface area contributed by atoms with E-state index in [4.69, 9.17) is 4.74 Å². The van der Waals surface area contributed by atoms with Gasteiger partial charge in [-0.15, -0.1) is 0 Å². The fourth-order valence-electron chi connectivity index (χ4n) is 3.26. The summed E-state index contributed by atoms with van der Waals surface area (Å²) >= 11 is 2.07. The van der Waals surface area contributed by atoms with Gasteiger partial charge in [0.05, 0.1) is 12.7 Å². The minimum absolute atomic E-state index is 0.640. The van der Waals surface area contributed by atoms with E-state index >= 15 is 0 Å². The zero-order valence-corrected chi connectivity index (χ0v) is 11.8. The molecule has 98 valence electrons. The molecule has 2 nitrogen and oxygen atoms in total. The van der Waals surface area contributed by atoms with Crippen molar-refractivity contribution < 1.29 is 9.84 Å². The van der Waals surface area contributed by atoms with Gasteiger partial charge in [0.2, 0.25) is 0 Å². The van der Waals surface area contributed by atoms with Gasteiger partial charge < -0.3 is 9.84 Å². The van der Waals surface area contributed by atoms with Gasteiger partial charge in [-0.05, 0) is 49.8 Å². The highest BCUT2D eigenvalue weighted by Crippen LogP contribution is 2.51. The van der Waals surface area contributed by atoms with Crippen LogP contribution < -0.4 is 4.74 Å². The number of fused-ring (bicyclic) bond motifs is 2. The number of hydrogen-bond donors (Lipinski definition) is 1. The first-order chi connectivity index (χ1) is 8.60. The van der Waals surface area contributed by atoms with Crippen LogP contribution in [0.2, 0.25) is 0 Å². The third-order valence-corrected chi connectivity index (χ3v) is 5.85. The molecule has 0 amide bonds. The lowest BCUT2D eigenvalue weighted by Gasteiger charge is -2.36. The maximum absolute atomic E-state index is 11.0. The summed E-state index contributed by atoms with van der Waals surface area (Å²) in [5.74, 6) is 0.881. The van der Waals surface area contributed by atoms with Crippen LogP contribution in [-0.4, -0.2) is 22.7 Å². The van der Waals surface area contributed by atoms with Crippen LogP contribution in [-0.2, 0) is 5.60 Å². The Morgan fingerprint density at radius 1 is 1.28 bits per heavy atom. The molecule has 0 radical (unpaired) electrons. The highest BCUT2D eigenvalue weighted by atomic mass is 32.2. The molecule has 0 aliphatic carbocycles. The molecule has 2 unspecified atom stereocenters. The molecule has 0 saturated carbocycles. The molecule has 2 atom stereocenters. The smallest absolute Gasteiger partial charge is 0.122 e. The van der Waals surface area contributed by atoms with E-state index in [2.05, 4.69) is 23.9 Å². The monoisotopic (exact) mass is 264 g/mol. The van der Waals surface area contributed by atoms with Gasteiger partial charge in [-0.25, -0.2) is 0 Å². The molecule has 1 N–H and O–H groups in total.